The van der Waals surface area contributed by atoms with E-state index in [4.69, 9.17) is 0 Å². The van der Waals surface area contributed by atoms with Crippen molar-refractivity contribution in [2.24, 2.45) is 0 Å². The van der Waals surface area contributed by atoms with Crippen LogP contribution in [-0.4, -0.2) is 5.91 Å². The molecule has 1 aromatic carbocycles. The lowest BCUT2D eigenvalue weighted by molar-refractivity contribution is -0.117. The number of rotatable bonds is 1. The number of carbonyl (C=O) groups excluding carboxylic acids is 1. The molecule has 1 unspecified atom stereocenters. The average molecular weight is 179 g/mol. The number of hydrogen-bond donors (Lipinski definition) is 1. The largest absolute Gasteiger partial charge is 0.325 e. The highest BCUT2D eigenvalue weighted by atomic mass is 19.1. The number of halogens is 1. The standard InChI is InChI=1S/C10H10FNO/c1-2-7-8-5-6(11)3-4-9(8)12-10(7)13/h3-5,7H,2H2,1H3,(H,12,13). The number of fused-ring (bicyclic) bond motifs is 1. The topological polar surface area (TPSA) is 29.1 Å². The number of amides is 1. The van der Waals surface area contributed by atoms with Gasteiger partial charge in [0.2, 0.25) is 5.91 Å². The molecule has 2 nitrogen and oxygen atoms in total. The third-order valence-electron chi connectivity index (χ3n) is 2.37. The van der Waals surface area contributed by atoms with Crippen molar-refractivity contribution in [2.45, 2.75) is 19.3 Å². The molecule has 1 aliphatic heterocycles. The van der Waals surface area contributed by atoms with Crippen molar-refractivity contribution >= 4 is 11.6 Å². The second-order valence-corrected chi connectivity index (χ2v) is 3.18. The molecule has 3 heteroatoms. The molecule has 0 saturated heterocycles. The van der Waals surface area contributed by atoms with E-state index < -0.39 is 0 Å². The summed E-state index contributed by atoms with van der Waals surface area (Å²) in [6.45, 7) is 1.92. The fourth-order valence-corrected chi connectivity index (χ4v) is 1.70. The number of anilines is 1. The Morgan fingerprint density at radius 1 is 1.54 bits per heavy atom. The number of nitrogens with one attached hydrogen (secondary N) is 1. The lowest BCUT2D eigenvalue weighted by Gasteiger charge is -2.03. The summed E-state index contributed by atoms with van der Waals surface area (Å²) in [5.41, 5.74) is 1.53. The van der Waals surface area contributed by atoms with Crippen LogP contribution in [0.5, 0.6) is 0 Å². The summed E-state index contributed by atoms with van der Waals surface area (Å²) >= 11 is 0. The van der Waals surface area contributed by atoms with Gasteiger partial charge < -0.3 is 5.32 Å². The highest BCUT2D eigenvalue weighted by Crippen LogP contribution is 2.34. The van der Waals surface area contributed by atoms with E-state index in [2.05, 4.69) is 5.32 Å². The molecule has 1 N–H and O–H groups in total. The van der Waals surface area contributed by atoms with Crippen molar-refractivity contribution in [3.8, 4) is 0 Å². The quantitative estimate of drug-likeness (QED) is 0.704. The van der Waals surface area contributed by atoms with Crippen LogP contribution in [0.3, 0.4) is 0 Å². The fraction of sp³-hybridized carbons (Fsp3) is 0.300. The van der Waals surface area contributed by atoms with Gasteiger partial charge in [0.05, 0.1) is 5.92 Å². The first-order valence-corrected chi connectivity index (χ1v) is 4.32. The van der Waals surface area contributed by atoms with Crippen LogP contribution in [0.4, 0.5) is 10.1 Å². The van der Waals surface area contributed by atoms with Gasteiger partial charge in [0.15, 0.2) is 0 Å². The van der Waals surface area contributed by atoms with Crippen molar-refractivity contribution in [1.82, 2.24) is 0 Å². The van der Waals surface area contributed by atoms with Gasteiger partial charge in [-0.15, -0.1) is 0 Å². The Kier molecular flexibility index (Phi) is 1.79. The zero-order valence-electron chi connectivity index (χ0n) is 7.30. The molecule has 0 saturated carbocycles. The summed E-state index contributed by atoms with van der Waals surface area (Å²) in [4.78, 5) is 11.3. The molecule has 13 heavy (non-hydrogen) atoms. The molecule has 0 radical (unpaired) electrons. The van der Waals surface area contributed by atoms with Gasteiger partial charge in [-0.3, -0.25) is 4.79 Å². The van der Waals surface area contributed by atoms with Crippen LogP contribution in [-0.2, 0) is 4.79 Å². The van der Waals surface area contributed by atoms with Gasteiger partial charge in [0.1, 0.15) is 5.82 Å². The van der Waals surface area contributed by atoms with E-state index in [1.54, 1.807) is 6.07 Å². The first-order chi connectivity index (χ1) is 6.22. The highest BCUT2D eigenvalue weighted by molar-refractivity contribution is 6.02. The monoisotopic (exact) mass is 179 g/mol. The third kappa shape index (κ3) is 1.20. The SMILES string of the molecule is CCC1C(=O)Nc2ccc(F)cc21. The number of carbonyl (C=O) groups is 1. The maximum atomic E-state index is 12.9. The van der Waals surface area contributed by atoms with Crippen LogP contribution in [0, 0.1) is 5.82 Å². The van der Waals surface area contributed by atoms with Gasteiger partial charge >= 0.3 is 0 Å². The van der Waals surface area contributed by atoms with Crippen molar-refractivity contribution in [3.63, 3.8) is 0 Å². The molecule has 1 heterocycles. The first kappa shape index (κ1) is 8.23. The summed E-state index contributed by atoms with van der Waals surface area (Å²) in [5, 5.41) is 2.72. The van der Waals surface area contributed by atoms with Crippen LogP contribution >= 0.6 is 0 Å². The molecule has 0 aliphatic carbocycles. The maximum Gasteiger partial charge on any atom is 0.231 e. The minimum Gasteiger partial charge on any atom is -0.325 e. The predicted molar refractivity (Wildman–Crippen MR) is 48.1 cm³/mol. The number of benzene rings is 1. The average Bonchev–Trinajstić information content (AvgIpc) is 2.40. The van der Waals surface area contributed by atoms with E-state index >= 15 is 0 Å². The van der Waals surface area contributed by atoms with Gasteiger partial charge in [-0.25, -0.2) is 4.39 Å². The molecular weight excluding hydrogens is 169 g/mol. The van der Waals surface area contributed by atoms with E-state index in [1.165, 1.54) is 12.1 Å². The third-order valence-corrected chi connectivity index (χ3v) is 2.37. The molecule has 1 aromatic rings. The van der Waals surface area contributed by atoms with E-state index in [0.717, 1.165) is 11.3 Å². The van der Waals surface area contributed by atoms with Crippen molar-refractivity contribution in [1.29, 1.82) is 0 Å². The van der Waals surface area contributed by atoms with Crippen molar-refractivity contribution < 1.29 is 9.18 Å². The normalized spacial score (nSPS) is 19.8. The molecule has 2 rings (SSSR count). The van der Waals surface area contributed by atoms with E-state index in [9.17, 15) is 9.18 Å². The molecule has 1 atom stereocenters. The predicted octanol–water partition coefficient (Wildman–Crippen LogP) is 2.27. The van der Waals surface area contributed by atoms with Crippen LogP contribution in [0.15, 0.2) is 18.2 Å². The van der Waals surface area contributed by atoms with Crippen molar-refractivity contribution in [3.05, 3.63) is 29.6 Å². The molecule has 0 spiro atoms. The molecule has 1 amide bonds. The molecule has 1 aliphatic rings. The van der Waals surface area contributed by atoms with Crippen LogP contribution in [0.1, 0.15) is 24.8 Å². The van der Waals surface area contributed by atoms with E-state index in [1.807, 2.05) is 6.92 Å². The highest BCUT2D eigenvalue weighted by Gasteiger charge is 2.28. The Bertz CT molecular complexity index is 362. The lowest BCUT2D eigenvalue weighted by Crippen LogP contribution is -2.10. The molecule has 0 bridgehead atoms. The summed E-state index contributed by atoms with van der Waals surface area (Å²) in [7, 11) is 0. The van der Waals surface area contributed by atoms with Crippen molar-refractivity contribution in [2.75, 3.05) is 5.32 Å². The zero-order chi connectivity index (χ0) is 9.42. The second-order valence-electron chi connectivity index (χ2n) is 3.18. The Morgan fingerprint density at radius 2 is 2.31 bits per heavy atom. The molecular formula is C10H10FNO. The first-order valence-electron chi connectivity index (χ1n) is 4.32. The Balaban J connectivity index is 2.50. The summed E-state index contributed by atoms with van der Waals surface area (Å²) in [6.07, 6.45) is 0.711. The minimum absolute atomic E-state index is 0.0249. The van der Waals surface area contributed by atoms with Gasteiger partial charge in [0.25, 0.3) is 0 Å². The number of hydrogen-bond acceptors (Lipinski definition) is 1. The second kappa shape index (κ2) is 2.83. The van der Waals surface area contributed by atoms with Gasteiger partial charge in [-0.05, 0) is 30.2 Å². The summed E-state index contributed by atoms with van der Waals surface area (Å²) < 4.78 is 12.9. The lowest BCUT2D eigenvalue weighted by atomic mass is 9.98. The van der Waals surface area contributed by atoms with Gasteiger partial charge in [0, 0.05) is 5.69 Å². The van der Waals surface area contributed by atoms with Crippen LogP contribution < -0.4 is 5.32 Å². The van der Waals surface area contributed by atoms with Crippen LogP contribution in [0.2, 0.25) is 0 Å². The minimum atomic E-state index is -0.284. The smallest absolute Gasteiger partial charge is 0.231 e. The fourth-order valence-electron chi connectivity index (χ4n) is 1.70. The van der Waals surface area contributed by atoms with E-state index in [-0.39, 0.29) is 17.6 Å². The van der Waals surface area contributed by atoms with Gasteiger partial charge in [-0.1, -0.05) is 6.92 Å². The Morgan fingerprint density at radius 3 is 3.00 bits per heavy atom. The Hall–Kier alpha value is -1.38. The zero-order valence-corrected chi connectivity index (χ0v) is 7.30. The molecule has 68 valence electrons. The molecule has 0 aromatic heterocycles. The maximum absolute atomic E-state index is 12.9. The van der Waals surface area contributed by atoms with E-state index in [0.29, 0.717) is 6.42 Å². The van der Waals surface area contributed by atoms with Crippen LogP contribution in [0.25, 0.3) is 0 Å². The Labute approximate surface area is 75.8 Å². The molecule has 0 fully saturated rings. The van der Waals surface area contributed by atoms with Gasteiger partial charge in [-0.2, -0.15) is 0 Å². The summed E-state index contributed by atoms with van der Waals surface area (Å²) in [6, 6.07) is 4.40. The summed E-state index contributed by atoms with van der Waals surface area (Å²) in [5.74, 6) is -0.484.